The van der Waals surface area contributed by atoms with E-state index in [1.54, 1.807) is 13.2 Å². The van der Waals surface area contributed by atoms with Crippen LogP contribution in [0.4, 0.5) is 0 Å². The highest BCUT2D eigenvalue weighted by Crippen LogP contribution is 2.28. The van der Waals surface area contributed by atoms with Gasteiger partial charge in [-0.25, -0.2) is 9.78 Å². The van der Waals surface area contributed by atoms with Gasteiger partial charge in [0, 0.05) is 29.8 Å². The van der Waals surface area contributed by atoms with Gasteiger partial charge >= 0.3 is 5.69 Å². The molecule has 0 unspecified atom stereocenters. The summed E-state index contributed by atoms with van der Waals surface area (Å²) in [7, 11) is 1.70. The Kier molecular flexibility index (Phi) is 3.43. The van der Waals surface area contributed by atoms with E-state index in [2.05, 4.69) is 9.97 Å². The van der Waals surface area contributed by atoms with Crippen LogP contribution in [0.25, 0.3) is 33.4 Å². The third kappa shape index (κ3) is 2.38. The minimum Gasteiger partial charge on any atom is -0.279 e. The lowest BCUT2D eigenvalue weighted by Gasteiger charge is -2.10. The standard InChI is InChI=1S/C20H15N3O/c1-23-19-17(12-16(13-21-19)14-8-4-2-5-9-14)18(22-20(23)24)15-10-6-3-7-11-15/h2-13H,1H3. The van der Waals surface area contributed by atoms with E-state index in [-0.39, 0.29) is 5.69 Å². The van der Waals surface area contributed by atoms with E-state index in [1.807, 2.05) is 66.7 Å². The Labute approximate surface area is 139 Å². The van der Waals surface area contributed by atoms with Crippen LogP contribution in [0.1, 0.15) is 0 Å². The second-order valence-corrected chi connectivity index (χ2v) is 5.63. The van der Waals surface area contributed by atoms with E-state index in [0.29, 0.717) is 11.3 Å². The number of pyridine rings is 1. The summed E-state index contributed by atoms with van der Waals surface area (Å²) in [4.78, 5) is 21.0. The summed E-state index contributed by atoms with van der Waals surface area (Å²) < 4.78 is 1.48. The van der Waals surface area contributed by atoms with E-state index < -0.39 is 0 Å². The van der Waals surface area contributed by atoms with Crippen molar-refractivity contribution < 1.29 is 0 Å². The molecule has 2 aromatic carbocycles. The summed E-state index contributed by atoms with van der Waals surface area (Å²) in [5, 5.41) is 0.865. The summed E-state index contributed by atoms with van der Waals surface area (Å²) in [5.41, 5.74) is 3.99. The third-order valence-corrected chi connectivity index (χ3v) is 4.09. The molecule has 4 nitrogen and oxygen atoms in total. The fourth-order valence-electron chi connectivity index (χ4n) is 2.83. The van der Waals surface area contributed by atoms with Crippen LogP contribution in [0.5, 0.6) is 0 Å². The number of hydrogen-bond donors (Lipinski definition) is 0. The Morgan fingerprint density at radius 1 is 0.833 bits per heavy atom. The summed E-state index contributed by atoms with van der Waals surface area (Å²) in [5.74, 6) is 0. The fourth-order valence-corrected chi connectivity index (χ4v) is 2.83. The summed E-state index contributed by atoms with van der Waals surface area (Å²) >= 11 is 0. The normalized spacial score (nSPS) is 10.9. The molecule has 0 amide bonds. The van der Waals surface area contributed by atoms with Gasteiger partial charge in [-0.1, -0.05) is 60.7 Å². The molecule has 0 aliphatic heterocycles. The van der Waals surface area contributed by atoms with Crippen molar-refractivity contribution in [3.05, 3.63) is 83.4 Å². The van der Waals surface area contributed by atoms with Gasteiger partial charge in [-0.2, -0.15) is 4.98 Å². The van der Waals surface area contributed by atoms with Gasteiger partial charge < -0.3 is 0 Å². The summed E-state index contributed by atoms with van der Waals surface area (Å²) in [6.45, 7) is 0. The lowest BCUT2D eigenvalue weighted by Crippen LogP contribution is -2.21. The molecule has 0 radical (unpaired) electrons. The highest BCUT2D eigenvalue weighted by Gasteiger charge is 2.12. The molecule has 0 bridgehead atoms. The number of nitrogens with zero attached hydrogens (tertiary/aromatic N) is 3. The minimum atomic E-state index is -0.304. The van der Waals surface area contributed by atoms with E-state index in [4.69, 9.17) is 0 Å². The van der Waals surface area contributed by atoms with Crippen LogP contribution in [0, 0.1) is 0 Å². The van der Waals surface area contributed by atoms with Gasteiger partial charge in [0.1, 0.15) is 5.65 Å². The van der Waals surface area contributed by atoms with Gasteiger partial charge in [-0.05, 0) is 11.6 Å². The van der Waals surface area contributed by atoms with Gasteiger partial charge in [0.25, 0.3) is 0 Å². The maximum absolute atomic E-state index is 12.2. The number of fused-ring (bicyclic) bond motifs is 1. The minimum absolute atomic E-state index is 0.304. The summed E-state index contributed by atoms with van der Waals surface area (Å²) in [6.07, 6.45) is 1.80. The predicted molar refractivity (Wildman–Crippen MR) is 95.7 cm³/mol. The third-order valence-electron chi connectivity index (χ3n) is 4.09. The zero-order valence-corrected chi connectivity index (χ0v) is 13.2. The Bertz CT molecular complexity index is 1070. The van der Waals surface area contributed by atoms with Gasteiger partial charge in [0.05, 0.1) is 5.69 Å². The molecule has 0 saturated heterocycles. The zero-order chi connectivity index (χ0) is 16.5. The van der Waals surface area contributed by atoms with Crippen molar-refractivity contribution in [2.45, 2.75) is 0 Å². The SMILES string of the molecule is Cn1c(=O)nc(-c2ccccc2)c2cc(-c3ccccc3)cnc21. The number of aryl methyl sites for hydroxylation is 1. The Morgan fingerprint density at radius 3 is 2.12 bits per heavy atom. The highest BCUT2D eigenvalue weighted by molar-refractivity contribution is 5.92. The molecule has 0 atom stereocenters. The van der Waals surface area contributed by atoms with Crippen LogP contribution in [0.2, 0.25) is 0 Å². The molecule has 2 heterocycles. The Hall–Kier alpha value is -3.27. The lowest BCUT2D eigenvalue weighted by atomic mass is 10.0. The molecule has 4 heteroatoms. The van der Waals surface area contributed by atoms with Crippen molar-refractivity contribution in [3.8, 4) is 22.4 Å². The second kappa shape index (κ2) is 5.74. The van der Waals surface area contributed by atoms with Gasteiger partial charge in [-0.15, -0.1) is 0 Å². The molecule has 4 rings (SSSR count). The molecule has 0 spiro atoms. The number of hydrogen-bond acceptors (Lipinski definition) is 3. The molecule has 116 valence electrons. The lowest BCUT2D eigenvalue weighted by molar-refractivity contribution is 0.840. The van der Waals surface area contributed by atoms with E-state index in [1.165, 1.54) is 4.57 Å². The first-order valence-corrected chi connectivity index (χ1v) is 7.71. The average molecular weight is 313 g/mol. The largest absolute Gasteiger partial charge is 0.349 e. The number of benzene rings is 2. The first-order chi connectivity index (χ1) is 11.7. The zero-order valence-electron chi connectivity index (χ0n) is 13.2. The number of rotatable bonds is 2. The van der Waals surface area contributed by atoms with Gasteiger partial charge in [0.15, 0.2) is 0 Å². The van der Waals surface area contributed by atoms with Crippen LogP contribution < -0.4 is 5.69 Å². The molecule has 0 fully saturated rings. The van der Waals surface area contributed by atoms with E-state index >= 15 is 0 Å². The Balaban J connectivity index is 2.05. The molecular formula is C20H15N3O. The molecule has 4 aromatic rings. The van der Waals surface area contributed by atoms with Crippen LogP contribution in [0.15, 0.2) is 77.7 Å². The van der Waals surface area contributed by atoms with Crippen molar-refractivity contribution in [2.24, 2.45) is 7.05 Å². The van der Waals surface area contributed by atoms with E-state index in [9.17, 15) is 4.79 Å². The van der Waals surface area contributed by atoms with Crippen LogP contribution in [-0.2, 0) is 7.05 Å². The maximum atomic E-state index is 12.2. The van der Waals surface area contributed by atoms with E-state index in [0.717, 1.165) is 22.1 Å². The van der Waals surface area contributed by atoms with Crippen LogP contribution in [0.3, 0.4) is 0 Å². The van der Waals surface area contributed by atoms with Crippen molar-refractivity contribution in [2.75, 3.05) is 0 Å². The summed E-state index contributed by atoms with van der Waals surface area (Å²) in [6, 6.07) is 21.8. The van der Waals surface area contributed by atoms with Gasteiger partial charge in [-0.3, -0.25) is 4.57 Å². The molecule has 0 aliphatic carbocycles. The average Bonchev–Trinajstić information content (AvgIpc) is 2.66. The molecule has 2 aromatic heterocycles. The smallest absolute Gasteiger partial charge is 0.279 e. The van der Waals surface area contributed by atoms with Gasteiger partial charge in [0.2, 0.25) is 0 Å². The van der Waals surface area contributed by atoms with Crippen molar-refractivity contribution in [1.29, 1.82) is 0 Å². The quantitative estimate of drug-likeness (QED) is 0.567. The monoisotopic (exact) mass is 313 g/mol. The highest BCUT2D eigenvalue weighted by atomic mass is 16.1. The molecule has 0 saturated carbocycles. The molecule has 0 N–H and O–H groups in total. The first kappa shape index (κ1) is 14.3. The Morgan fingerprint density at radius 2 is 1.46 bits per heavy atom. The topological polar surface area (TPSA) is 47.8 Å². The van der Waals surface area contributed by atoms with Crippen LogP contribution >= 0.6 is 0 Å². The second-order valence-electron chi connectivity index (χ2n) is 5.63. The van der Waals surface area contributed by atoms with Crippen molar-refractivity contribution in [3.63, 3.8) is 0 Å². The van der Waals surface area contributed by atoms with Crippen molar-refractivity contribution in [1.82, 2.24) is 14.5 Å². The molecule has 24 heavy (non-hydrogen) atoms. The van der Waals surface area contributed by atoms with Crippen molar-refractivity contribution >= 4 is 11.0 Å². The molecule has 0 aliphatic rings. The molecular weight excluding hydrogens is 298 g/mol. The maximum Gasteiger partial charge on any atom is 0.349 e. The first-order valence-electron chi connectivity index (χ1n) is 7.71. The van der Waals surface area contributed by atoms with Crippen LogP contribution in [-0.4, -0.2) is 14.5 Å². The number of aromatic nitrogens is 3. The predicted octanol–water partition coefficient (Wildman–Crippen LogP) is 3.66. The fraction of sp³-hybridized carbons (Fsp3) is 0.0500.